The van der Waals surface area contributed by atoms with Gasteiger partial charge in [0.2, 0.25) is 0 Å². The zero-order valence-corrected chi connectivity index (χ0v) is 15.3. The predicted molar refractivity (Wildman–Crippen MR) is 93.3 cm³/mol. The Labute approximate surface area is 147 Å². The highest BCUT2D eigenvalue weighted by atomic mass is 79.9. The molecule has 0 saturated carbocycles. The Kier molecular flexibility index (Phi) is 5.49. The molecule has 0 saturated heterocycles. The number of hydrogen-bond acceptors (Lipinski definition) is 3. The van der Waals surface area contributed by atoms with Crippen LogP contribution in [0.3, 0.4) is 0 Å². The summed E-state index contributed by atoms with van der Waals surface area (Å²) in [6.45, 7) is 5.44. The molecule has 0 fully saturated rings. The molecule has 0 aliphatic carbocycles. The van der Waals surface area contributed by atoms with Crippen LogP contribution in [0.25, 0.3) is 0 Å². The van der Waals surface area contributed by atoms with E-state index in [4.69, 9.17) is 16.3 Å². The zero-order chi connectivity index (χ0) is 17.1. The largest absolute Gasteiger partial charge is 0.462 e. The molecule has 2 rings (SSSR count). The number of aromatic nitrogens is 1. The number of halogens is 2. The lowest BCUT2D eigenvalue weighted by molar-refractivity contribution is 0.0525. The number of anilines is 1. The van der Waals surface area contributed by atoms with Crippen LogP contribution in [-0.4, -0.2) is 23.5 Å². The van der Waals surface area contributed by atoms with Crippen LogP contribution in [-0.2, 0) is 4.74 Å². The highest BCUT2D eigenvalue weighted by Gasteiger charge is 2.23. The first-order chi connectivity index (χ1) is 10.8. The van der Waals surface area contributed by atoms with Gasteiger partial charge in [0, 0.05) is 10.2 Å². The summed E-state index contributed by atoms with van der Waals surface area (Å²) >= 11 is 9.41. The third-order valence-electron chi connectivity index (χ3n) is 3.32. The summed E-state index contributed by atoms with van der Waals surface area (Å²) in [6, 6.07) is 5.16. The van der Waals surface area contributed by atoms with Gasteiger partial charge in [-0.05, 0) is 44.5 Å². The molecule has 0 spiro atoms. The number of aromatic amines is 1. The van der Waals surface area contributed by atoms with E-state index < -0.39 is 5.97 Å². The second-order valence-electron chi connectivity index (χ2n) is 4.92. The van der Waals surface area contributed by atoms with Crippen molar-refractivity contribution in [3.8, 4) is 0 Å². The molecule has 0 atom stereocenters. The molecule has 0 aliphatic rings. The standard InChI is InChI=1S/C16H16BrClN2O3/c1-4-23-16(22)13-8(2)14(19-9(13)3)15(21)20-12-6-5-10(17)7-11(12)18/h5-7,19H,4H2,1-3H3,(H,20,21). The number of benzene rings is 1. The Bertz CT molecular complexity index is 771. The normalized spacial score (nSPS) is 10.5. The molecular formula is C16H16BrClN2O3. The minimum absolute atomic E-state index is 0.277. The second-order valence-corrected chi connectivity index (χ2v) is 6.25. The van der Waals surface area contributed by atoms with Crippen molar-refractivity contribution in [3.05, 3.63) is 50.2 Å². The summed E-state index contributed by atoms with van der Waals surface area (Å²) in [5.41, 5.74) is 2.33. The fourth-order valence-electron chi connectivity index (χ4n) is 2.26. The number of carbonyl (C=O) groups is 2. The first-order valence-corrected chi connectivity index (χ1v) is 8.15. The lowest BCUT2D eigenvalue weighted by Crippen LogP contribution is -2.14. The Balaban J connectivity index is 2.30. The summed E-state index contributed by atoms with van der Waals surface area (Å²) in [5.74, 6) is -0.815. The number of aryl methyl sites for hydroxylation is 1. The van der Waals surface area contributed by atoms with E-state index in [0.717, 1.165) is 4.47 Å². The van der Waals surface area contributed by atoms with Crippen LogP contribution < -0.4 is 5.32 Å². The summed E-state index contributed by atoms with van der Waals surface area (Å²) in [5, 5.41) is 3.15. The molecule has 23 heavy (non-hydrogen) atoms. The smallest absolute Gasteiger partial charge is 0.340 e. The monoisotopic (exact) mass is 398 g/mol. The Morgan fingerprint density at radius 2 is 2.04 bits per heavy atom. The second kappa shape index (κ2) is 7.19. The zero-order valence-electron chi connectivity index (χ0n) is 12.9. The van der Waals surface area contributed by atoms with Crippen LogP contribution in [0.2, 0.25) is 5.02 Å². The molecule has 122 valence electrons. The molecule has 2 aromatic rings. The number of rotatable bonds is 4. The maximum Gasteiger partial charge on any atom is 0.340 e. The van der Waals surface area contributed by atoms with Crippen molar-refractivity contribution in [1.29, 1.82) is 0 Å². The fraction of sp³-hybridized carbons (Fsp3) is 0.250. The highest BCUT2D eigenvalue weighted by molar-refractivity contribution is 9.10. The van der Waals surface area contributed by atoms with Crippen LogP contribution >= 0.6 is 27.5 Å². The molecule has 1 aromatic carbocycles. The van der Waals surface area contributed by atoms with Gasteiger partial charge in [0.05, 0.1) is 22.9 Å². The summed E-state index contributed by atoms with van der Waals surface area (Å²) in [4.78, 5) is 27.4. The average molecular weight is 400 g/mol. The van der Waals surface area contributed by atoms with E-state index in [2.05, 4.69) is 26.2 Å². The van der Waals surface area contributed by atoms with E-state index in [9.17, 15) is 9.59 Å². The molecule has 0 unspecified atom stereocenters. The first-order valence-electron chi connectivity index (χ1n) is 6.97. The van der Waals surface area contributed by atoms with Gasteiger partial charge in [-0.15, -0.1) is 0 Å². The number of nitrogens with one attached hydrogen (secondary N) is 2. The van der Waals surface area contributed by atoms with E-state index in [-0.39, 0.29) is 12.5 Å². The molecule has 2 N–H and O–H groups in total. The molecule has 1 heterocycles. The molecule has 0 radical (unpaired) electrons. The molecule has 5 nitrogen and oxygen atoms in total. The molecule has 1 amide bonds. The maximum absolute atomic E-state index is 12.5. The Morgan fingerprint density at radius 1 is 1.35 bits per heavy atom. The molecule has 0 aliphatic heterocycles. The van der Waals surface area contributed by atoms with Gasteiger partial charge >= 0.3 is 5.97 Å². The molecule has 0 bridgehead atoms. The maximum atomic E-state index is 12.5. The number of ether oxygens (including phenoxy) is 1. The first kappa shape index (κ1) is 17.6. The minimum Gasteiger partial charge on any atom is -0.462 e. The van der Waals surface area contributed by atoms with Crippen molar-refractivity contribution in [2.45, 2.75) is 20.8 Å². The quantitative estimate of drug-likeness (QED) is 0.745. The third kappa shape index (κ3) is 3.76. The van der Waals surface area contributed by atoms with Gasteiger partial charge < -0.3 is 15.0 Å². The predicted octanol–water partition coefficient (Wildman–Crippen LogP) is 4.48. The van der Waals surface area contributed by atoms with Crippen molar-refractivity contribution in [3.63, 3.8) is 0 Å². The van der Waals surface area contributed by atoms with Crippen LogP contribution in [0, 0.1) is 13.8 Å². The van der Waals surface area contributed by atoms with Crippen LogP contribution in [0.4, 0.5) is 5.69 Å². The van der Waals surface area contributed by atoms with Gasteiger partial charge in [-0.25, -0.2) is 4.79 Å². The van der Waals surface area contributed by atoms with E-state index in [1.165, 1.54) is 0 Å². The van der Waals surface area contributed by atoms with Gasteiger partial charge in [-0.2, -0.15) is 0 Å². The van der Waals surface area contributed by atoms with Gasteiger partial charge in [-0.1, -0.05) is 27.5 Å². The van der Waals surface area contributed by atoms with Crippen molar-refractivity contribution < 1.29 is 14.3 Å². The topological polar surface area (TPSA) is 71.2 Å². The van der Waals surface area contributed by atoms with Gasteiger partial charge in [0.1, 0.15) is 5.69 Å². The van der Waals surface area contributed by atoms with Crippen molar-refractivity contribution in [1.82, 2.24) is 4.98 Å². The number of H-pyrrole nitrogens is 1. The van der Waals surface area contributed by atoms with E-state index in [0.29, 0.717) is 33.2 Å². The summed E-state index contributed by atoms with van der Waals surface area (Å²) in [6.07, 6.45) is 0. The number of esters is 1. The van der Waals surface area contributed by atoms with Gasteiger partial charge in [0.25, 0.3) is 5.91 Å². The molecule has 1 aromatic heterocycles. The highest BCUT2D eigenvalue weighted by Crippen LogP contribution is 2.27. The van der Waals surface area contributed by atoms with E-state index in [1.54, 1.807) is 39.0 Å². The van der Waals surface area contributed by atoms with Crippen molar-refractivity contribution in [2.24, 2.45) is 0 Å². The van der Waals surface area contributed by atoms with Crippen molar-refractivity contribution in [2.75, 3.05) is 11.9 Å². The average Bonchev–Trinajstić information content (AvgIpc) is 2.77. The Hall–Kier alpha value is -1.79. The Morgan fingerprint density at radius 3 is 2.65 bits per heavy atom. The number of amides is 1. The number of carbonyl (C=O) groups excluding carboxylic acids is 2. The minimum atomic E-state index is -0.445. The van der Waals surface area contributed by atoms with Crippen LogP contribution in [0.1, 0.15) is 39.0 Å². The SMILES string of the molecule is CCOC(=O)c1c(C)[nH]c(C(=O)Nc2ccc(Br)cc2Cl)c1C. The van der Waals surface area contributed by atoms with Crippen LogP contribution in [0.5, 0.6) is 0 Å². The number of hydrogen-bond donors (Lipinski definition) is 2. The molecule has 7 heteroatoms. The lowest BCUT2D eigenvalue weighted by Gasteiger charge is -2.07. The van der Waals surface area contributed by atoms with E-state index in [1.807, 2.05) is 0 Å². The summed E-state index contributed by atoms with van der Waals surface area (Å²) in [7, 11) is 0. The molecular weight excluding hydrogens is 384 g/mol. The fourth-order valence-corrected chi connectivity index (χ4v) is 2.98. The van der Waals surface area contributed by atoms with Crippen molar-refractivity contribution >= 4 is 45.1 Å². The van der Waals surface area contributed by atoms with Gasteiger partial charge in [0.15, 0.2) is 0 Å². The van der Waals surface area contributed by atoms with Crippen LogP contribution in [0.15, 0.2) is 22.7 Å². The third-order valence-corrected chi connectivity index (χ3v) is 4.13. The van der Waals surface area contributed by atoms with E-state index >= 15 is 0 Å². The van der Waals surface area contributed by atoms with Gasteiger partial charge in [-0.3, -0.25) is 4.79 Å². The summed E-state index contributed by atoms with van der Waals surface area (Å²) < 4.78 is 5.83. The lowest BCUT2D eigenvalue weighted by atomic mass is 10.1.